The average Bonchev–Trinajstić information content (AvgIpc) is 3.01. The van der Waals surface area contributed by atoms with Crippen LogP contribution in [0.15, 0.2) is 29.9 Å². The molecule has 5 heteroatoms. The molecule has 1 N–H and O–H groups in total. The van der Waals surface area contributed by atoms with Crippen LogP contribution in [0.4, 0.5) is 0 Å². The number of nitrogens with one attached hydrogen (secondary N) is 1. The van der Waals surface area contributed by atoms with Crippen LogP contribution in [0.25, 0.3) is 10.6 Å². The third kappa shape index (κ3) is 3.30. The third-order valence-electron chi connectivity index (χ3n) is 3.34. The summed E-state index contributed by atoms with van der Waals surface area (Å²) in [5.74, 6) is 1.32. The number of piperidine rings is 1. The van der Waals surface area contributed by atoms with Gasteiger partial charge in [0.2, 0.25) is 5.88 Å². The Labute approximate surface area is 116 Å². The van der Waals surface area contributed by atoms with Crippen molar-refractivity contribution in [3.05, 3.63) is 29.9 Å². The second kappa shape index (κ2) is 6.12. The first-order valence-corrected chi connectivity index (χ1v) is 7.49. The van der Waals surface area contributed by atoms with Gasteiger partial charge >= 0.3 is 0 Å². The summed E-state index contributed by atoms with van der Waals surface area (Å²) in [6.07, 6.45) is 3.94. The molecule has 0 saturated carbocycles. The number of rotatable bonds is 4. The quantitative estimate of drug-likeness (QED) is 0.931. The lowest BCUT2D eigenvalue weighted by molar-refractivity contribution is 0.209. The van der Waals surface area contributed by atoms with Crippen LogP contribution in [-0.2, 0) is 0 Å². The Balaban J connectivity index is 1.63. The van der Waals surface area contributed by atoms with Gasteiger partial charge in [0.1, 0.15) is 6.33 Å². The fourth-order valence-electron chi connectivity index (χ4n) is 2.23. The zero-order valence-corrected chi connectivity index (χ0v) is 11.5. The fourth-order valence-corrected chi connectivity index (χ4v) is 2.92. The Hall–Kier alpha value is -1.46. The minimum atomic E-state index is 0.640. The van der Waals surface area contributed by atoms with E-state index in [2.05, 4.69) is 21.4 Å². The number of nitrogens with zero attached hydrogens (tertiary/aromatic N) is 2. The van der Waals surface area contributed by atoms with Gasteiger partial charge in [-0.2, -0.15) is 0 Å². The molecule has 0 atom stereocenters. The van der Waals surface area contributed by atoms with E-state index in [0.29, 0.717) is 11.8 Å². The van der Waals surface area contributed by atoms with E-state index < -0.39 is 0 Å². The molecule has 1 aliphatic rings. The SMILES string of the molecule is c1csc(-c2cc(OCC3CCNCC3)ncn2)c1. The molecule has 0 bridgehead atoms. The van der Waals surface area contributed by atoms with Crippen LogP contribution in [0.3, 0.4) is 0 Å². The second-order valence-electron chi connectivity index (χ2n) is 4.72. The summed E-state index contributed by atoms with van der Waals surface area (Å²) in [6, 6.07) is 6.01. The number of hydrogen-bond donors (Lipinski definition) is 1. The van der Waals surface area contributed by atoms with Gasteiger partial charge in [-0.25, -0.2) is 9.97 Å². The minimum absolute atomic E-state index is 0.640. The third-order valence-corrected chi connectivity index (χ3v) is 4.23. The van der Waals surface area contributed by atoms with Crippen molar-refractivity contribution in [2.75, 3.05) is 19.7 Å². The zero-order chi connectivity index (χ0) is 12.9. The predicted molar refractivity (Wildman–Crippen MR) is 76.4 cm³/mol. The van der Waals surface area contributed by atoms with Crippen molar-refractivity contribution in [2.24, 2.45) is 5.92 Å². The average molecular weight is 275 g/mol. The molecule has 1 saturated heterocycles. The second-order valence-corrected chi connectivity index (χ2v) is 5.67. The van der Waals surface area contributed by atoms with Crippen LogP contribution in [0.2, 0.25) is 0 Å². The first-order chi connectivity index (χ1) is 9.42. The van der Waals surface area contributed by atoms with Gasteiger partial charge in [-0.1, -0.05) is 6.07 Å². The summed E-state index contributed by atoms with van der Waals surface area (Å²) >= 11 is 1.68. The molecule has 0 radical (unpaired) electrons. The van der Waals surface area contributed by atoms with E-state index in [-0.39, 0.29) is 0 Å². The normalized spacial score (nSPS) is 16.4. The van der Waals surface area contributed by atoms with E-state index in [1.165, 1.54) is 12.8 Å². The summed E-state index contributed by atoms with van der Waals surface area (Å²) in [5, 5.41) is 5.41. The Bertz CT molecular complexity index is 509. The van der Waals surface area contributed by atoms with Crippen molar-refractivity contribution in [2.45, 2.75) is 12.8 Å². The maximum atomic E-state index is 5.81. The van der Waals surface area contributed by atoms with Gasteiger partial charge in [-0.3, -0.25) is 0 Å². The predicted octanol–water partition coefficient (Wildman–Crippen LogP) is 2.58. The molecule has 1 aliphatic heterocycles. The van der Waals surface area contributed by atoms with Crippen molar-refractivity contribution in [1.29, 1.82) is 0 Å². The molecule has 2 aromatic rings. The van der Waals surface area contributed by atoms with E-state index in [4.69, 9.17) is 4.74 Å². The first kappa shape index (κ1) is 12.6. The molecule has 3 rings (SSSR count). The summed E-state index contributed by atoms with van der Waals surface area (Å²) in [4.78, 5) is 9.62. The maximum absolute atomic E-state index is 5.81. The van der Waals surface area contributed by atoms with Crippen LogP contribution >= 0.6 is 11.3 Å². The first-order valence-electron chi connectivity index (χ1n) is 6.61. The van der Waals surface area contributed by atoms with Gasteiger partial charge in [0.15, 0.2) is 0 Å². The minimum Gasteiger partial charge on any atom is -0.477 e. The molecular formula is C14H17N3OS. The van der Waals surface area contributed by atoms with E-state index >= 15 is 0 Å². The van der Waals surface area contributed by atoms with Crippen molar-refractivity contribution >= 4 is 11.3 Å². The van der Waals surface area contributed by atoms with Crippen LogP contribution < -0.4 is 10.1 Å². The molecule has 0 aliphatic carbocycles. The molecule has 19 heavy (non-hydrogen) atoms. The van der Waals surface area contributed by atoms with Gasteiger partial charge < -0.3 is 10.1 Å². The lowest BCUT2D eigenvalue weighted by Crippen LogP contribution is -2.30. The smallest absolute Gasteiger partial charge is 0.216 e. The van der Waals surface area contributed by atoms with Crippen molar-refractivity contribution < 1.29 is 4.74 Å². The standard InChI is InChI=1S/C14H17N3OS/c1-2-13(19-7-1)12-8-14(17-10-16-12)18-9-11-3-5-15-6-4-11/h1-2,7-8,10-11,15H,3-6,9H2. The number of thiophene rings is 1. The lowest BCUT2D eigenvalue weighted by Gasteiger charge is -2.22. The van der Waals surface area contributed by atoms with Crippen LogP contribution in [0.1, 0.15) is 12.8 Å². The highest BCUT2D eigenvalue weighted by Gasteiger charge is 2.14. The molecule has 0 aromatic carbocycles. The Morgan fingerprint density at radius 3 is 3.00 bits per heavy atom. The van der Waals surface area contributed by atoms with E-state index in [9.17, 15) is 0 Å². The molecule has 0 amide bonds. The highest BCUT2D eigenvalue weighted by atomic mass is 32.1. The Morgan fingerprint density at radius 1 is 1.32 bits per heavy atom. The van der Waals surface area contributed by atoms with Gasteiger partial charge in [-0.05, 0) is 43.3 Å². The van der Waals surface area contributed by atoms with E-state index in [1.807, 2.05) is 17.5 Å². The van der Waals surface area contributed by atoms with Crippen molar-refractivity contribution in [3.8, 4) is 16.5 Å². The zero-order valence-electron chi connectivity index (χ0n) is 10.7. The molecule has 1 fully saturated rings. The summed E-state index contributed by atoms with van der Waals surface area (Å²) < 4.78 is 5.81. The summed E-state index contributed by atoms with van der Waals surface area (Å²) in [6.45, 7) is 2.94. The van der Waals surface area contributed by atoms with Crippen molar-refractivity contribution in [1.82, 2.24) is 15.3 Å². The molecular weight excluding hydrogens is 258 g/mol. The van der Waals surface area contributed by atoms with E-state index in [1.54, 1.807) is 17.7 Å². The van der Waals surface area contributed by atoms with E-state index in [0.717, 1.165) is 30.3 Å². The van der Waals surface area contributed by atoms with Gasteiger partial charge in [0.25, 0.3) is 0 Å². The molecule has 0 spiro atoms. The highest BCUT2D eigenvalue weighted by Crippen LogP contribution is 2.24. The number of aromatic nitrogens is 2. The molecule has 4 nitrogen and oxygen atoms in total. The number of ether oxygens (including phenoxy) is 1. The highest BCUT2D eigenvalue weighted by molar-refractivity contribution is 7.13. The van der Waals surface area contributed by atoms with Gasteiger partial charge in [-0.15, -0.1) is 11.3 Å². The Morgan fingerprint density at radius 2 is 2.21 bits per heavy atom. The lowest BCUT2D eigenvalue weighted by atomic mass is 9.99. The number of hydrogen-bond acceptors (Lipinski definition) is 5. The molecule has 0 unspecified atom stereocenters. The largest absolute Gasteiger partial charge is 0.477 e. The van der Waals surface area contributed by atoms with Crippen LogP contribution in [0, 0.1) is 5.92 Å². The van der Waals surface area contributed by atoms with Gasteiger partial charge in [0.05, 0.1) is 17.2 Å². The van der Waals surface area contributed by atoms with Crippen LogP contribution in [0.5, 0.6) is 5.88 Å². The van der Waals surface area contributed by atoms with Crippen LogP contribution in [-0.4, -0.2) is 29.7 Å². The maximum Gasteiger partial charge on any atom is 0.216 e. The molecule has 3 heterocycles. The van der Waals surface area contributed by atoms with Crippen molar-refractivity contribution in [3.63, 3.8) is 0 Å². The molecule has 100 valence electrons. The topological polar surface area (TPSA) is 47.0 Å². The molecule has 2 aromatic heterocycles. The van der Waals surface area contributed by atoms with Gasteiger partial charge in [0, 0.05) is 6.07 Å². The fraction of sp³-hybridized carbons (Fsp3) is 0.429. The summed E-state index contributed by atoms with van der Waals surface area (Å²) in [5.41, 5.74) is 0.935. The summed E-state index contributed by atoms with van der Waals surface area (Å²) in [7, 11) is 0. The monoisotopic (exact) mass is 275 g/mol. The Kier molecular flexibility index (Phi) is 4.05.